The normalized spacial score (nSPS) is 17.1. The summed E-state index contributed by atoms with van der Waals surface area (Å²) in [5.41, 5.74) is 8.67. The Kier molecular flexibility index (Phi) is 8.66. The van der Waals surface area contributed by atoms with Crippen LogP contribution in [0.4, 0.5) is 0 Å². The van der Waals surface area contributed by atoms with Crippen molar-refractivity contribution in [3.05, 3.63) is 195 Å². The van der Waals surface area contributed by atoms with Crippen LogP contribution in [0.15, 0.2) is 164 Å². The van der Waals surface area contributed by atoms with Crippen LogP contribution in [0.25, 0.3) is 72.3 Å². The summed E-state index contributed by atoms with van der Waals surface area (Å²) in [7, 11) is 0. The number of nitrogens with zero attached hydrogens (tertiary/aromatic N) is 4. The van der Waals surface area contributed by atoms with Crippen molar-refractivity contribution in [1.29, 1.82) is 0 Å². The van der Waals surface area contributed by atoms with E-state index in [0.717, 1.165) is 44.6 Å². The van der Waals surface area contributed by atoms with E-state index in [0.29, 0.717) is 26.4 Å². The molecule has 0 bridgehead atoms. The average molecular weight is 1140 g/mol. The third-order valence-electron chi connectivity index (χ3n) is 16.2. The van der Waals surface area contributed by atoms with Crippen LogP contribution in [0.5, 0.6) is 11.5 Å². The van der Waals surface area contributed by atoms with Crippen LogP contribution in [0.3, 0.4) is 0 Å². The summed E-state index contributed by atoms with van der Waals surface area (Å²) in [5.74, 6) is 1.99. The first kappa shape index (κ1) is 37.2. The molecule has 11 rings (SSSR count). The van der Waals surface area contributed by atoms with E-state index in [1.165, 1.54) is 16.5 Å². The first-order valence-corrected chi connectivity index (χ1v) is 25.8. The Morgan fingerprint density at radius 3 is 1.76 bits per heavy atom. The summed E-state index contributed by atoms with van der Waals surface area (Å²) in [5, 5.41) is 2.32. The Morgan fingerprint density at radius 1 is 0.569 bits per heavy atom. The number of hydrogen-bond acceptors (Lipinski definition) is 2. The summed E-state index contributed by atoms with van der Waals surface area (Å²) in [4.78, 5) is 4.95. The monoisotopic (exact) mass is 1140 g/mol. The molecular weight excluding hydrogens is 1060 g/mol. The van der Waals surface area contributed by atoms with Crippen molar-refractivity contribution in [2.24, 2.45) is 5.41 Å². The third kappa shape index (κ3) is 7.43. The van der Waals surface area contributed by atoms with Gasteiger partial charge in [-0.05, 0) is 40.4 Å². The van der Waals surface area contributed by atoms with Gasteiger partial charge in [0.15, 0.2) is 0 Å². The van der Waals surface area contributed by atoms with E-state index in [1.54, 1.807) is 0 Å². The van der Waals surface area contributed by atoms with Gasteiger partial charge in [-0.3, -0.25) is 0 Å². The van der Waals surface area contributed by atoms with Gasteiger partial charge in [-0.25, -0.2) is 0 Å². The van der Waals surface area contributed by atoms with Gasteiger partial charge < -0.3 is 0 Å². The predicted molar refractivity (Wildman–Crippen MR) is 297 cm³/mol. The number of hydrogen-bond donors (Lipinski definition) is 0. The Balaban J connectivity index is 1.19. The second kappa shape index (κ2) is 16.8. The molecule has 10 aromatic rings. The molecule has 0 aliphatic heterocycles. The second-order valence-corrected chi connectivity index (χ2v) is 24.1. The zero-order valence-corrected chi connectivity index (χ0v) is 45.6. The van der Waals surface area contributed by atoms with E-state index < -0.39 is 65.8 Å². The van der Waals surface area contributed by atoms with Gasteiger partial charge in [0, 0.05) is 6.20 Å². The van der Waals surface area contributed by atoms with Crippen LogP contribution in [0.1, 0.15) is 125 Å². The number of rotatable bonds is 7. The van der Waals surface area contributed by atoms with Gasteiger partial charge in [-0.15, -0.1) is 0 Å². The van der Waals surface area contributed by atoms with Crippen LogP contribution in [0.2, 0.25) is 0 Å². The third-order valence-corrected chi connectivity index (χ3v) is 17.2. The van der Waals surface area contributed by atoms with Crippen molar-refractivity contribution in [2.75, 3.05) is 0 Å². The fourth-order valence-electron chi connectivity index (χ4n) is 11.0. The van der Waals surface area contributed by atoms with Crippen molar-refractivity contribution in [3.8, 4) is 50.9 Å². The average Bonchev–Trinajstić information content (AvgIpc) is 1.60. The van der Waals surface area contributed by atoms with Crippen molar-refractivity contribution in [3.63, 3.8) is 0 Å². The molecule has 3 heterocycles. The van der Waals surface area contributed by atoms with Crippen LogP contribution in [0, 0.1) is 16.1 Å². The molecule has 0 fully saturated rings. The van der Waals surface area contributed by atoms with E-state index in [-0.39, 0.29) is 49.6 Å². The molecule has 0 saturated heterocycles. The summed E-state index contributed by atoms with van der Waals surface area (Å²) in [6, 6.07) is 27.5. The molecule has 0 radical (unpaired) electrons. The quantitative estimate of drug-likeness (QED) is 0.159. The van der Waals surface area contributed by atoms with Gasteiger partial charge in [-0.1, -0.05) is 47.6 Å². The molecular formula is C66H66N4OPt. The zero-order chi connectivity index (χ0) is 59.6. The molecule has 1 aliphatic carbocycles. The minimum atomic E-state index is -0.637. The Hall–Kier alpha value is -6.55. The summed E-state index contributed by atoms with van der Waals surface area (Å²) in [6.45, 7) is 28.7. The van der Waals surface area contributed by atoms with Crippen LogP contribution in [-0.4, -0.2) is 18.7 Å². The molecule has 0 spiro atoms. The van der Waals surface area contributed by atoms with Gasteiger partial charge in [0.05, 0.1) is 0 Å². The van der Waals surface area contributed by atoms with Crippen LogP contribution in [-0.2, 0) is 41.0 Å². The van der Waals surface area contributed by atoms with Gasteiger partial charge in [0.2, 0.25) is 0 Å². The van der Waals surface area contributed by atoms with Gasteiger partial charge in [-0.2, -0.15) is 0 Å². The van der Waals surface area contributed by atoms with Crippen molar-refractivity contribution in [1.82, 2.24) is 18.7 Å². The standard InChI is InChI=1S/C66H66N4O.Pt/c1-42-32-33-67-58(34-42)70-56-31-30-53-60(65(10,11)66(12,13)64(53,8)9)59(56)50-29-28-48(40-57(50)70)71-49-36-45(62(2,3)4)35-47(39-49)68-41-69(55-27-21-20-26-54(55)68)61-51(43-22-16-14-17-23-43)37-46(63(5,6)7)38-52(61)44-24-18-15-19-25-44;/h14-40H,1-13H3;/i14D,15D,16D,17D,18D,19D,22D,23D,24D,25D;. The van der Waals surface area contributed by atoms with Gasteiger partial charge in [0.25, 0.3) is 0 Å². The molecule has 0 saturated carbocycles. The van der Waals surface area contributed by atoms with Gasteiger partial charge in [0.1, 0.15) is 0 Å². The van der Waals surface area contributed by atoms with Crippen LogP contribution >= 0.6 is 0 Å². The maximum absolute atomic E-state index is 9.41. The minimum absolute atomic E-state index is 0.0657. The number of imidazole rings is 1. The fraction of sp³-hybridized carbons (Fsp3) is 0.273. The summed E-state index contributed by atoms with van der Waals surface area (Å²) >= 11 is 2.24. The molecule has 7 aromatic carbocycles. The Bertz CT molecular complexity index is 4330. The summed E-state index contributed by atoms with van der Waals surface area (Å²) in [6.07, 6.45) is 1.86. The first-order chi connectivity index (χ1) is 38.2. The van der Waals surface area contributed by atoms with Crippen molar-refractivity contribution < 1.29 is 37.8 Å². The number of aryl methyl sites for hydroxylation is 1. The first-order valence-electron chi connectivity index (χ1n) is 29.6. The van der Waals surface area contributed by atoms with Crippen molar-refractivity contribution >= 4 is 32.8 Å². The molecule has 0 amide bonds. The Morgan fingerprint density at radius 2 is 1.17 bits per heavy atom. The predicted octanol–water partition coefficient (Wildman–Crippen LogP) is 17.6. The number of aromatic nitrogens is 4. The molecule has 5 nitrogen and oxygen atoms in total. The number of ether oxygens (including phenoxy) is 1. The van der Waals surface area contributed by atoms with E-state index in [9.17, 15) is 5.48 Å². The van der Waals surface area contributed by atoms with Crippen molar-refractivity contribution in [2.45, 2.75) is 112 Å². The van der Waals surface area contributed by atoms with Gasteiger partial charge >= 0.3 is 358 Å². The maximum atomic E-state index is 9.41. The van der Waals surface area contributed by atoms with E-state index in [1.807, 2.05) is 86.1 Å². The number of pyridine rings is 1. The fourth-order valence-corrected chi connectivity index (χ4v) is 12.1. The number of fused-ring (bicyclic) bond motifs is 6. The van der Waals surface area contributed by atoms with E-state index in [2.05, 4.69) is 140 Å². The summed E-state index contributed by atoms with van der Waals surface area (Å²) < 4.78 is 104. The number of benzene rings is 7. The zero-order valence-electron chi connectivity index (χ0n) is 53.3. The molecule has 1 aliphatic rings. The van der Waals surface area contributed by atoms with E-state index >= 15 is 0 Å². The molecule has 72 heavy (non-hydrogen) atoms. The molecule has 0 unspecified atom stereocenters. The topological polar surface area (TPSA) is 36.9 Å². The molecule has 366 valence electrons. The Labute approximate surface area is 450 Å². The molecule has 3 aromatic heterocycles. The second-order valence-electron chi connectivity index (χ2n) is 23.1. The molecule has 0 atom stereocenters. The number of para-hydroxylation sites is 2. The molecule has 0 N–H and O–H groups in total. The SMILES string of the molecule is [2H]c1c([2H])c([2H])c(-c2cc(C(C)(C)C)cc(-c3c([2H])c([2H])c([2H])c([2H])c3[2H])c2-n2[c](=[Pt])n(-c3cc(Oc4ccc5c6c7c(ccc6n(-c6cc(C)ccn6)c5c4)C(C)(C)C(C)(C)C7(C)C)cc(C(C)(C)C)c3)c3ccccc32)c([2H])c1[2H]. The van der Waals surface area contributed by atoms with E-state index in [4.69, 9.17) is 17.9 Å². The molecule has 6 heteroatoms. The van der Waals surface area contributed by atoms with Crippen LogP contribution < -0.4 is 4.74 Å².